The minimum Gasteiger partial charge on any atom is -0.497 e. The van der Waals surface area contributed by atoms with Crippen LogP contribution in [0.25, 0.3) is 0 Å². The second-order valence-electron chi connectivity index (χ2n) is 6.88. The third-order valence-corrected chi connectivity index (χ3v) is 5.49. The first-order valence-electron chi connectivity index (χ1n) is 9.06. The van der Waals surface area contributed by atoms with Crippen LogP contribution in [0, 0.1) is 11.8 Å². The molecule has 2 atom stereocenters. The molecule has 0 bridgehead atoms. The molecule has 3 rings (SSSR count). The Balaban J connectivity index is 1.55. The molecule has 0 radical (unpaired) electrons. The number of piperazine rings is 1. The first kappa shape index (κ1) is 17.7. The fraction of sp³-hybridized carbons (Fsp3) is 0.579. The molecule has 1 saturated carbocycles. The Bertz CT molecular complexity index is 609. The molecule has 1 heterocycles. The molecule has 6 nitrogen and oxygen atoms in total. The monoisotopic (exact) mass is 345 g/mol. The van der Waals surface area contributed by atoms with Crippen LogP contribution in [0.1, 0.15) is 29.6 Å². The van der Waals surface area contributed by atoms with Gasteiger partial charge in [-0.05, 0) is 49.6 Å². The van der Waals surface area contributed by atoms with E-state index in [0.29, 0.717) is 44.2 Å². The van der Waals surface area contributed by atoms with Crippen molar-refractivity contribution in [3.63, 3.8) is 0 Å². The Morgan fingerprint density at radius 3 is 2.32 bits per heavy atom. The summed E-state index contributed by atoms with van der Waals surface area (Å²) in [6.45, 7) is 2.96. The van der Waals surface area contributed by atoms with E-state index < -0.39 is 0 Å². The van der Waals surface area contributed by atoms with E-state index in [4.69, 9.17) is 10.5 Å². The molecule has 25 heavy (non-hydrogen) atoms. The molecule has 1 aromatic carbocycles. The zero-order chi connectivity index (χ0) is 17.8. The lowest BCUT2D eigenvalue weighted by Crippen LogP contribution is -2.52. The van der Waals surface area contributed by atoms with E-state index in [9.17, 15) is 9.59 Å². The van der Waals surface area contributed by atoms with Gasteiger partial charge in [-0.25, -0.2) is 0 Å². The summed E-state index contributed by atoms with van der Waals surface area (Å²) >= 11 is 0. The molecule has 2 fully saturated rings. The highest BCUT2D eigenvalue weighted by molar-refractivity contribution is 5.94. The van der Waals surface area contributed by atoms with Gasteiger partial charge < -0.3 is 20.3 Å². The smallest absolute Gasteiger partial charge is 0.253 e. The van der Waals surface area contributed by atoms with Crippen LogP contribution in [0.2, 0.25) is 0 Å². The van der Waals surface area contributed by atoms with Gasteiger partial charge in [-0.3, -0.25) is 9.59 Å². The van der Waals surface area contributed by atoms with E-state index in [0.717, 1.165) is 25.0 Å². The standard InChI is InChI=1S/C19H27N3O3/c1-25-16-7-5-14(6-8-16)18(23)21-9-11-22(12-10-21)19(24)17-4-2-3-15(17)13-20/h5-8,15,17H,2-4,9-13,20H2,1H3/t15-,17-/m1/s1. The van der Waals surface area contributed by atoms with Gasteiger partial charge in [0.2, 0.25) is 5.91 Å². The fourth-order valence-corrected chi connectivity index (χ4v) is 3.92. The van der Waals surface area contributed by atoms with Crippen LogP contribution in [0.4, 0.5) is 0 Å². The number of carbonyl (C=O) groups excluding carboxylic acids is 2. The maximum atomic E-state index is 12.7. The van der Waals surface area contributed by atoms with E-state index >= 15 is 0 Å². The number of benzene rings is 1. The van der Waals surface area contributed by atoms with E-state index in [1.807, 2.05) is 9.80 Å². The summed E-state index contributed by atoms with van der Waals surface area (Å²) in [4.78, 5) is 29.1. The third-order valence-electron chi connectivity index (χ3n) is 5.49. The Labute approximate surface area is 148 Å². The van der Waals surface area contributed by atoms with Crippen molar-refractivity contribution < 1.29 is 14.3 Å². The zero-order valence-corrected chi connectivity index (χ0v) is 14.8. The van der Waals surface area contributed by atoms with Crippen molar-refractivity contribution >= 4 is 11.8 Å². The van der Waals surface area contributed by atoms with Gasteiger partial charge >= 0.3 is 0 Å². The van der Waals surface area contributed by atoms with E-state index in [1.54, 1.807) is 31.4 Å². The number of hydrogen-bond donors (Lipinski definition) is 1. The lowest BCUT2D eigenvalue weighted by molar-refractivity contribution is -0.138. The first-order valence-corrected chi connectivity index (χ1v) is 9.06. The number of hydrogen-bond acceptors (Lipinski definition) is 4. The molecule has 2 amide bonds. The number of amides is 2. The van der Waals surface area contributed by atoms with Crippen LogP contribution in [0.15, 0.2) is 24.3 Å². The van der Waals surface area contributed by atoms with Crippen LogP contribution in [-0.4, -0.2) is 61.4 Å². The fourth-order valence-electron chi connectivity index (χ4n) is 3.92. The van der Waals surface area contributed by atoms with Gasteiger partial charge in [-0.2, -0.15) is 0 Å². The average Bonchev–Trinajstić information content (AvgIpc) is 3.16. The lowest BCUT2D eigenvalue weighted by atomic mass is 9.94. The predicted molar refractivity (Wildman–Crippen MR) is 95.4 cm³/mol. The van der Waals surface area contributed by atoms with Crippen molar-refractivity contribution in [1.29, 1.82) is 0 Å². The molecule has 2 N–H and O–H groups in total. The van der Waals surface area contributed by atoms with Crippen molar-refractivity contribution in [3.05, 3.63) is 29.8 Å². The Morgan fingerprint density at radius 2 is 1.72 bits per heavy atom. The van der Waals surface area contributed by atoms with E-state index in [-0.39, 0.29) is 17.7 Å². The second-order valence-corrected chi connectivity index (χ2v) is 6.88. The predicted octanol–water partition coefficient (Wildman–Crippen LogP) is 1.35. The quantitative estimate of drug-likeness (QED) is 0.894. The number of nitrogens with two attached hydrogens (primary N) is 1. The molecular weight excluding hydrogens is 318 g/mol. The van der Waals surface area contributed by atoms with Crippen LogP contribution in [-0.2, 0) is 4.79 Å². The van der Waals surface area contributed by atoms with Crippen molar-refractivity contribution in [2.45, 2.75) is 19.3 Å². The van der Waals surface area contributed by atoms with Crippen molar-refractivity contribution in [3.8, 4) is 5.75 Å². The van der Waals surface area contributed by atoms with Gasteiger partial charge in [0.25, 0.3) is 5.91 Å². The largest absolute Gasteiger partial charge is 0.497 e. The van der Waals surface area contributed by atoms with Gasteiger partial charge in [0.05, 0.1) is 7.11 Å². The summed E-state index contributed by atoms with van der Waals surface area (Å²) in [6.07, 6.45) is 3.10. The van der Waals surface area contributed by atoms with Crippen molar-refractivity contribution in [1.82, 2.24) is 9.80 Å². The molecule has 0 spiro atoms. The number of rotatable bonds is 4. The van der Waals surface area contributed by atoms with Gasteiger partial charge in [0, 0.05) is 37.7 Å². The summed E-state index contributed by atoms with van der Waals surface area (Å²) in [5.41, 5.74) is 6.46. The summed E-state index contributed by atoms with van der Waals surface area (Å²) in [6, 6.07) is 7.15. The minimum atomic E-state index is 0.00968. The third kappa shape index (κ3) is 3.79. The van der Waals surface area contributed by atoms with Gasteiger partial charge in [0.15, 0.2) is 0 Å². The molecule has 1 aliphatic heterocycles. The number of ether oxygens (including phenoxy) is 1. The Hall–Kier alpha value is -2.08. The maximum Gasteiger partial charge on any atom is 0.253 e. The molecule has 1 aliphatic carbocycles. The van der Waals surface area contributed by atoms with Crippen LogP contribution < -0.4 is 10.5 Å². The lowest BCUT2D eigenvalue weighted by Gasteiger charge is -2.36. The normalized spacial score (nSPS) is 23.6. The van der Waals surface area contributed by atoms with Gasteiger partial charge in [0.1, 0.15) is 5.75 Å². The second kappa shape index (κ2) is 7.87. The molecule has 1 aromatic rings. The van der Waals surface area contributed by atoms with Crippen LogP contribution >= 0.6 is 0 Å². The summed E-state index contributed by atoms with van der Waals surface area (Å²) in [7, 11) is 1.60. The topological polar surface area (TPSA) is 75.9 Å². The molecular formula is C19H27N3O3. The molecule has 136 valence electrons. The summed E-state index contributed by atoms with van der Waals surface area (Å²) < 4.78 is 5.12. The summed E-state index contributed by atoms with van der Waals surface area (Å²) in [5, 5.41) is 0. The van der Waals surface area contributed by atoms with Crippen LogP contribution in [0.3, 0.4) is 0 Å². The minimum absolute atomic E-state index is 0.00968. The number of methoxy groups -OCH3 is 1. The zero-order valence-electron chi connectivity index (χ0n) is 14.8. The summed E-state index contributed by atoms with van der Waals surface area (Å²) in [5.74, 6) is 1.37. The molecule has 6 heteroatoms. The molecule has 1 saturated heterocycles. The Morgan fingerprint density at radius 1 is 1.08 bits per heavy atom. The number of nitrogens with zero attached hydrogens (tertiary/aromatic N) is 2. The highest BCUT2D eigenvalue weighted by Crippen LogP contribution is 2.32. The number of carbonyl (C=O) groups is 2. The average molecular weight is 345 g/mol. The van der Waals surface area contributed by atoms with Crippen LogP contribution in [0.5, 0.6) is 5.75 Å². The highest BCUT2D eigenvalue weighted by Gasteiger charge is 2.36. The SMILES string of the molecule is COc1ccc(C(=O)N2CCN(C(=O)[C@@H]3CCC[C@@H]3CN)CC2)cc1. The maximum absolute atomic E-state index is 12.7. The Kier molecular flexibility index (Phi) is 5.58. The van der Waals surface area contributed by atoms with Crippen molar-refractivity contribution in [2.75, 3.05) is 39.8 Å². The molecule has 0 unspecified atom stereocenters. The highest BCUT2D eigenvalue weighted by atomic mass is 16.5. The molecule has 2 aliphatic rings. The van der Waals surface area contributed by atoms with E-state index in [1.165, 1.54) is 0 Å². The first-order chi connectivity index (χ1) is 12.1. The van der Waals surface area contributed by atoms with Crippen molar-refractivity contribution in [2.24, 2.45) is 17.6 Å². The van der Waals surface area contributed by atoms with Gasteiger partial charge in [-0.1, -0.05) is 6.42 Å². The van der Waals surface area contributed by atoms with Gasteiger partial charge in [-0.15, -0.1) is 0 Å². The molecule has 0 aromatic heterocycles. The van der Waals surface area contributed by atoms with E-state index in [2.05, 4.69) is 0 Å².